The molecule has 0 aromatic heterocycles. The van der Waals surface area contributed by atoms with Gasteiger partial charge in [-0.2, -0.15) is 11.8 Å². The zero-order valence-electron chi connectivity index (χ0n) is 8.95. The van der Waals surface area contributed by atoms with Crippen LogP contribution in [0.3, 0.4) is 0 Å². The molecule has 1 saturated heterocycles. The van der Waals surface area contributed by atoms with E-state index in [4.69, 9.17) is 0 Å². The zero-order valence-corrected chi connectivity index (χ0v) is 9.77. The average molecular weight is 214 g/mol. The number of rotatable bonds is 3. The molecule has 0 spiro atoms. The second-order valence-corrected chi connectivity index (χ2v) is 6.13. The van der Waals surface area contributed by atoms with E-state index in [9.17, 15) is 5.11 Å². The Bertz CT molecular complexity index is 160. The maximum atomic E-state index is 10.1. The van der Waals surface area contributed by atoms with Crippen LogP contribution in [0.4, 0.5) is 0 Å². The minimum absolute atomic E-state index is 0.0191. The lowest BCUT2D eigenvalue weighted by molar-refractivity contribution is 0.0825. The van der Waals surface area contributed by atoms with Gasteiger partial charge in [-0.25, -0.2) is 0 Å². The van der Waals surface area contributed by atoms with E-state index in [1.807, 2.05) is 0 Å². The molecular weight excluding hydrogens is 192 g/mol. The quantitative estimate of drug-likeness (QED) is 0.779. The predicted molar refractivity (Wildman–Crippen MR) is 62.6 cm³/mol. The summed E-state index contributed by atoms with van der Waals surface area (Å²) in [4.78, 5) is 0. The Morgan fingerprint density at radius 1 is 1.07 bits per heavy atom. The van der Waals surface area contributed by atoms with Gasteiger partial charge in [-0.05, 0) is 55.4 Å². The molecule has 1 saturated carbocycles. The first-order valence-electron chi connectivity index (χ1n) is 6.12. The highest BCUT2D eigenvalue weighted by Gasteiger charge is 2.26. The van der Waals surface area contributed by atoms with Gasteiger partial charge in [0.1, 0.15) is 0 Å². The molecule has 1 N–H and O–H groups in total. The molecule has 1 atom stereocenters. The fraction of sp³-hybridized carbons (Fsp3) is 1.00. The van der Waals surface area contributed by atoms with Crippen molar-refractivity contribution in [2.24, 2.45) is 11.8 Å². The van der Waals surface area contributed by atoms with Gasteiger partial charge in [0.05, 0.1) is 6.10 Å². The Hall–Kier alpha value is 0.310. The fourth-order valence-corrected chi connectivity index (χ4v) is 4.06. The molecule has 1 nitrogen and oxygen atoms in total. The van der Waals surface area contributed by atoms with Crippen molar-refractivity contribution < 1.29 is 5.11 Å². The molecule has 2 rings (SSSR count). The van der Waals surface area contributed by atoms with Crippen molar-refractivity contribution in [1.82, 2.24) is 0 Å². The summed E-state index contributed by atoms with van der Waals surface area (Å²) in [6.07, 6.45) is 9.05. The molecule has 0 aromatic rings. The molecular formula is C12H22OS. The SMILES string of the molecule is OC(CC1CCSCC1)C1CCCC1. The fourth-order valence-electron chi connectivity index (χ4n) is 2.86. The van der Waals surface area contributed by atoms with Crippen molar-refractivity contribution in [2.75, 3.05) is 11.5 Å². The number of hydrogen-bond donors (Lipinski definition) is 1. The predicted octanol–water partition coefficient (Wildman–Crippen LogP) is 3.07. The van der Waals surface area contributed by atoms with Crippen LogP contribution in [0, 0.1) is 11.8 Å². The first-order valence-corrected chi connectivity index (χ1v) is 7.27. The van der Waals surface area contributed by atoms with Crippen molar-refractivity contribution in [3.63, 3.8) is 0 Å². The Balaban J connectivity index is 1.72. The molecule has 1 aliphatic heterocycles. The van der Waals surface area contributed by atoms with E-state index in [1.165, 1.54) is 50.0 Å². The van der Waals surface area contributed by atoms with Crippen LogP contribution in [0.15, 0.2) is 0 Å². The van der Waals surface area contributed by atoms with Crippen molar-refractivity contribution in [3.05, 3.63) is 0 Å². The number of thioether (sulfide) groups is 1. The summed E-state index contributed by atoms with van der Waals surface area (Å²) < 4.78 is 0. The average Bonchev–Trinajstić information content (AvgIpc) is 2.72. The highest BCUT2D eigenvalue weighted by Crippen LogP contribution is 2.33. The summed E-state index contributed by atoms with van der Waals surface area (Å²) in [5, 5.41) is 10.1. The molecule has 1 aliphatic carbocycles. The van der Waals surface area contributed by atoms with Crippen molar-refractivity contribution in [3.8, 4) is 0 Å². The van der Waals surface area contributed by atoms with Gasteiger partial charge in [0, 0.05) is 0 Å². The van der Waals surface area contributed by atoms with Crippen molar-refractivity contribution >= 4 is 11.8 Å². The summed E-state index contributed by atoms with van der Waals surface area (Å²) in [6.45, 7) is 0. The molecule has 2 aliphatic rings. The number of aliphatic hydroxyl groups excluding tert-OH is 1. The molecule has 82 valence electrons. The van der Waals surface area contributed by atoms with Gasteiger partial charge in [-0.15, -0.1) is 0 Å². The zero-order chi connectivity index (χ0) is 9.80. The Labute approximate surface area is 91.7 Å². The third-order valence-electron chi connectivity index (χ3n) is 3.86. The third kappa shape index (κ3) is 2.90. The van der Waals surface area contributed by atoms with Gasteiger partial charge in [0.2, 0.25) is 0 Å². The van der Waals surface area contributed by atoms with Gasteiger partial charge in [0.15, 0.2) is 0 Å². The molecule has 2 fully saturated rings. The Morgan fingerprint density at radius 3 is 2.36 bits per heavy atom. The molecule has 0 amide bonds. The van der Waals surface area contributed by atoms with Gasteiger partial charge in [-0.1, -0.05) is 12.8 Å². The van der Waals surface area contributed by atoms with Crippen LogP contribution >= 0.6 is 11.8 Å². The topological polar surface area (TPSA) is 20.2 Å². The van der Waals surface area contributed by atoms with E-state index in [2.05, 4.69) is 11.8 Å². The lowest BCUT2D eigenvalue weighted by Gasteiger charge is -2.26. The van der Waals surface area contributed by atoms with E-state index in [0.717, 1.165) is 12.3 Å². The minimum atomic E-state index is 0.0191. The summed E-state index contributed by atoms with van der Waals surface area (Å²) in [5.41, 5.74) is 0. The van der Waals surface area contributed by atoms with Gasteiger partial charge >= 0.3 is 0 Å². The molecule has 0 bridgehead atoms. The highest BCUT2D eigenvalue weighted by molar-refractivity contribution is 7.99. The Kier molecular flexibility index (Phi) is 4.18. The largest absolute Gasteiger partial charge is 0.393 e. The summed E-state index contributed by atoms with van der Waals surface area (Å²) in [6, 6.07) is 0. The lowest BCUT2D eigenvalue weighted by atomic mass is 9.89. The third-order valence-corrected chi connectivity index (χ3v) is 4.91. The van der Waals surface area contributed by atoms with Crippen LogP contribution < -0.4 is 0 Å². The van der Waals surface area contributed by atoms with Gasteiger partial charge in [-0.3, -0.25) is 0 Å². The standard InChI is InChI=1S/C12H22OS/c13-12(11-3-1-2-4-11)9-10-5-7-14-8-6-10/h10-13H,1-9H2. The maximum Gasteiger partial charge on any atom is 0.0571 e. The molecule has 0 radical (unpaired) electrons. The minimum Gasteiger partial charge on any atom is -0.393 e. The van der Waals surface area contributed by atoms with Gasteiger partial charge < -0.3 is 5.11 Å². The van der Waals surface area contributed by atoms with Crippen LogP contribution in [0.25, 0.3) is 0 Å². The molecule has 1 unspecified atom stereocenters. The molecule has 1 heterocycles. The van der Waals surface area contributed by atoms with Crippen molar-refractivity contribution in [1.29, 1.82) is 0 Å². The first-order chi connectivity index (χ1) is 6.86. The van der Waals surface area contributed by atoms with E-state index in [-0.39, 0.29) is 6.10 Å². The van der Waals surface area contributed by atoms with E-state index in [0.29, 0.717) is 5.92 Å². The Morgan fingerprint density at radius 2 is 1.71 bits per heavy atom. The number of aliphatic hydroxyl groups is 1. The lowest BCUT2D eigenvalue weighted by Crippen LogP contribution is -2.23. The summed E-state index contributed by atoms with van der Waals surface area (Å²) >= 11 is 2.08. The molecule has 2 heteroatoms. The summed E-state index contributed by atoms with van der Waals surface area (Å²) in [7, 11) is 0. The van der Waals surface area contributed by atoms with Crippen LogP contribution in [-0.2, 0) is 0 Å². The number of hydrogen-bond acceptors (Lipinski definition) is 2. The summed E-state index contributed by atoms with van der Waals surface area (Å²) in [5.74, 6) is 4.11. The molecule has 14 heavy (non-hydrogen) atoms. The van der Waals surface area contributed by atoms with Crippen LogP contribution in [0.2, 0.25) is 0 Å². The van der Waals surface area contributed by atoms with E-state index >= 15 is 0 Å². The first kappa shape index (κ1) is 10.8. The van der Waals surface area contributed by atoms with Gasteiger partial charge in [0.25, 0.3) is 0 Å². The smallest absolute Gasteiger partial charge is 0.0571 e. The highest BCUT2D eigenvalue weighted by atomic mass is 32.2. The maximum absolute atomic E-state index is 10.1. The van der Waals surface area contributed by atoms with E-state index < -0.39 is 0 Å². The van der Waals surface area contributed by atoms with E-state index in [1.54, 1.807) is 0 Å². The second-order valence-electron chi connectivity index (χ2n) is 4.90. The second kappa shape index (κ2) is 5.41. The monoisotopic (exact) mass is 214 g/mol. The normalized spacial score (nSPS) is 28.1. The van der Waals surface area contributed by atoms with Crippen LogP contribution in [0.1, 0.15) is 44.9 Å². The molecule has 0 aromatic carbocycles. The van der Waals surface area contributed by atoms with Crippen LogP contribution in [0.5, 0.6) is 0 Å². The van der Waals surface area contributed by atoms with Crippen LogP contribution in [-0.4, -0.2) is 22.7 Å². The van der Waals surface area contributed by atoms with Crippen molar-refractivity contribution in [2.45, 2.75) is 51.0 Å².